The normalized spacial score (nSPS) is 14.3. The number of nitriles is 1. The number of hydrogen-bond acceptors (Lipinski definition) is 5. The van der Waals surface area contributed by atoms with Crippen LogP contribution < -0.4 is 15.0 Å². The molecule has 1 N–H and O–H groups in total. The molecule has 29 heavy (non-hydrogen) atoms. The number of rotatable bonds is 5. The third-order valence-electron chi connectivity index (χ3n) is 5.02. The Balaban J connectivity index is 1.82. The fourth-order valence-electron chi connectivity index (χ4n) is 3.16. The zero-order chi connectivity index (χ0) is 20.8. The summed E-state index contributed by atoms with van der Waals surface area (Å²) in [5, 5.41) is 12.3. The maximum atomic E-state index is 12.6. The number of amides is 1. The number of methoxy groups -OCH3 is 1. The molecule has 1 aliphatic heterocycles. The van der Waals surface area contributed by atoms with Crippen LogP contribution in [0, 0.1) is 25.2 Å². The molecule has 3 rings (SSSR count). The molecule has 0 radical (unpaired) electrons. The van der Waals surface area contributed by atoms with Gasteiger partial charge in [-0.2, -0.15) is 5.26 Å². The van der Waals surface area contributed by atoms with Gasteiger partial charge in [-0.05, 0) is 55.3 Å². The van der Waals surface area contributed by atoms with Gasteiger partial charge >= 0.3 is 0 Å². The van der Waals surface area contributed by atoms with Crippen LogP contribution in [0.15, 0.2) is 42.0 Å². The van der Waals surface area contributed by atoms with Crippen LogP contribution >= 0.6 is 0 Å². The molecule has 6 heteroatoms. The Morgan fingerprint density at radius 1 is 1.17 bits per heavy atom. The van der Waals surface area contributed by atoms with E-state index in [0.29, 0.717) is 30.2 Å². The molecule has 1 fully saturated rings. The molecule has 0 saturated carbocycles. The Hall–Kier alpha value is -3.30. The number of ether oxygens (including phenoxy) is 2. The van der Waals surface area contributed by atoms with E-state index in [4.69, 9.17) is 9.47 Å². The Morgan fingerprint density at radius 2 is 1.93 bits per heavy atom. The second-order valence-electron chi connectivity index (χ2n) is 6.95. The van der Waals surface area contributed by atoms with E-state index in [-0.39, 0.29) is 5.57 Å². The zero-order valence-electron chi connectivity index (χ0n) is 17.0. The Labute approximate surface area is 171 Å². The molecule has 150 valence electrons. The molecule has 1 amide bonds. The van der Waals surface area contributed by atoms with E-state index in [9.17, 15) is 10.1 Å². The highest BCUT2D eigenvalue weighted by atomic mass is 16.5. The standard InChI is InChI=1S/C23H25N3O3/c1-16-4-6-20(12-17(16)2)25-23(27)19(15-24)13-18-5-7-21(14-22(18)28-3)26-8-10-29-11-9-26/h4-7,12-14H,8-11H2,1-3H3,(H,25,27)/b19-13-. The summed E-state index contributed by atoms with van der Waals surface area (Å²) < 4.78 is 10.9. The molecule has 0 atom stereocenters. The molecule has 1 heterocycles. The van der Waals surface area contributed by atoms with Crippen molar-refractivity contribution in [3.05, 3.63) is 58.7 Å². The summed E-state index contributed by atoms with van der Waals surface area (Å²) >= 11 is 0. The fourth-order valence-corrected chi connectivity index (χ4v) is 3.16. The van der Waals surface area contributed by atoms with Gasteiger partial charge in [-0.15, -0.1) is 0 Å². The highest BCUT2D eigenvalue weighted by Gasteiger charge is 2.15. The van der Waals surface area contributed by atoms with E-state index in [0.717, 1.165) is 29.9 Å². The van der Waals surface area contributed by atoms with Crippen LogP contribution in [-0.2, 0) is 9.53 Å². The number of aryl methyl sites for hydroxylation is 2. The summed E-state index contributed by atoms with van der Waals surface area (Å²) in [5.41, 5.74) is 4.60. The average molecular weight is 391 g/mol. The maximum absolute atomic E-state index is 12.6. The highest BCUT2D eigenvalue weighted by Crippen LogP contribution is 2.28. The van der Waals surface area contributed by atoms with E-state index in [1.165, 1.54) is 0 Å². The largest absolute Gasteiger partial charge is 0.496 e. The number of morpholine rings is 1. The number of carbonyl (C=O) groups is 1. The minimum atomic E-state index is -0.449. The Kier molecular flexibility index (Phi) is 6.53. The lowest BCUT2D eigenvalue weighted by Crippen LogP contribution is -2.36. The summed E-state index contributed by atoms with van der Waals surface area (Å²) in [5.74, 6) is 0.163. The van der Waals surface area contributed by atoms with E-state index in [1.54, 1.807) is 13.2 Å². The van der Waals surface area contributed by atoms with Crippen LogP contribution in [0.4, 0.5) is 11.4 Å². The van der Waals surface area contributed by atoms with Crippen LogP contribution in [0.5, 0.6) is 5.75 Å². The van der Waals surface area contributed by atoms with Crippen molar-refractivity contribution in [3.63, 3.8) is 0 Å². The van der Waals surface area contributed by atoms with Crippen molar-refractivity contribution in [2.24, 2.45) is 0 Å². The Morgan fingerprint density at radius 3 is 2.59 bits per heavy atom. The average Bonchev–Trinajstić information content (AvgIpc) is 2.75. The molecule has 6 nitrogen and oxygen atoms in total. The zero-order valence-corrected chi connectivity index (χ0v) is 17.0. The SMILES string of the molecule is COc1cc(N2CCOCC2)ccc1/C=C(/C#N)C(=O)Nc1ccc(C)c(C)c1. The number of nitrogens with one attached hydrogen (secondary N) is 1. The van der Waals surface area contributed by atoms with Crippen molar-refractivity contribution in [3.8, 4) is 11.8 Å². The lowest BCUT2D eigenvalue weighted by Gasteiger charge is -2.29. The lowest BCUT2D eigenvalue weighted by molar-refractivity contribution is -0.112. The number of benzene rings is 2. The predicted molar refractivity (Wildman–Crippen MR) is 114 cm³/mol. The minimum absolute atomic E-state index is 0.0145. The summed E-state index contributed by atoms with van der Waals surface area (Å²) in [4.78, 5) is 14.8. The molecular formula is C23H25N3O3. The van der Waals surface area contributed by atoms with E-state index in [1.807, 2.05) is 56.3 Å². The van der Waals surface area contributed by atoms with Crippen LogP contribution in [0.2, 0.25) is 0 Å². The van der Waals surface area contributed by atoms with Gasteiger partial charge in [0.15, 0.2) is 0 Å². The molecule has 0 aromatic heterocycles. The monoisotopic (exact) mass is 391 g/mol. The molecule has 1 saturated heterocycles. The first-order valence-electron chi connectivity index (χ1n) is 9.53. The summed E-state index contributed by atoms with van der Waals surface area (Å²) in [6.07, 6.45) is 1.55. The quantitative estimate of drug-likeness (QED) is 0.621. The first kappa shape index (κ1) is 20.4. The number of anilines is 2. The molecule has 0 aliphatic carbocycles. The summed E-state index contributed by atoms with van der Waals surface area (Å²) in [7, 11) is 1.58. The van der Waals surface area contributed by atoms with Gasteiger partial charge in [0.2, 0.25) is 0 Å². The Bertz CT molecular complexity index is 970. The second kappa shape index (κ2) is 9.26. The summed E-state index contributed by atoms with van der Waals surface area (Å²) in [6, 6.07) is 13.4. The van der Waals surface area contributed by atoms with Crippen molar-refractivity contribution in [1.82, 2.24) is 0 Å². The van der Waals surface area contributed by atoms with Crippen molar-refractivity contribution in [2.45, 2.75) is 13.8 Å². The molecule has 2 aromatic rings. The van der Waals surface area contributed by atoms with Crippen molar-refractivity contribution < 1.29 is 14.3 Å². The lowest BCUT2D eigenvalue weighted by atomic mass is 10.1. The minimum Gasteiger partial charge on any atom is -0.496 e. The van der Waals surface area contributed by atoms with Gasteiger partial charge < -0.3 is 19.7 Å². The molecular weight excluding hydrogens is 366 g/mol. The number of hydrogen-bond donors (Lipinski definition) is 1. The molecule has 0 spiro atoms. The van der Waals surface area contributed by atoms with Crippen LogP contribution in [0.3, 0.4) is 0 Å². The predicted octanol–water partition coefficient (Wildman–Crippen LogP) is 3.69. The molecule has 0 bridgehead atoms. The maximum Gasteiger partial charge on any atom is 0.266 e. The van der Waals surface area contributed by atoms with E-state index < -0.39 is 5.91 Å². The number of carbonyl (C=O) groups excluding carboxylic acids is 1. The van der Waals surface area contributed by atoms with Crippen molar-refractivity contribution in [1.29, 1.82) is 5.26 Å². The van der Waals surface area contributed by atoms with Gasteiger partial charge in [0.05, 0.1) is 20.3 Å². The summed E-state index contributed by atoms with van der Waals surface area (Å²) in [6.45, 7) is 7.02. The van der Waals surface area contributed by atoms with Gasteiger partial charge in [-0.3, -0.25) is 4.79 Å². The third kappa shape index (κ3) is 4.95. The van der Waals surface area contributed by atoms with Crippen LogP contribution in [0.25, 0.3) is 6.08 Å². The number of nitrogens with zero attached hydrogens (tertiary/aromatic N) is 2. The van der Waals surface area contributed by atoms with Gasteiger partial charge in [-0.25, -0.2) is 0 Å². The van der Waals surface area contributed by atoms with Crippen molar-refractivity contribution in [2.75, 3.05) is 43.6 Å². The van der Waals surface area contributed by atoms with Gasteiger partial charge in [0.1, 0.15) is 17.4 Å². The molecule has 2 aromatic carbocycles. The molecule has 1 aliphatic rings. The highest BCUT2D eigenvalue weighted by molar-refractivity contribution is 6.09. The van der Waals surface area contributed by atoms with Crippen molar-refractivity contribution >= 4 is 23.4 Å². The first-order valence-corrected chi connectivity index (χ1v) is 9.53. The van der Waals surface area contributed by atoms with Crippen LogP contribution in [-0.4, -0.2) is 39.3 Å². The first-order chi connectivity index (χ1) is 14.0. The van der Waals surface area contributed by atoms with E-state index in [2.05, 4.69) is 10.2 Å². The molecule has 0 unspecified atom stereocenters. The third-order valence-corrected chi connectivity index (χ3v) is 5.02. The van der Waals surface area contributed by atoms with E-state index >= 15 is 0 Å². The van der Waals surface area contributed by atoms with Gasteiger partial charge in [0, 0.05) is 36.1 Å². The second-order valence-corrected chi connectivity index (χ2v) is 6.95. The smallest absolute Gasteiger partial charge is 0.266 e. The van der Waals surface area contributed by atoms with Gasteiger partial charge in [-0.1, -0.05) is 6.07 Å². The van der Waals surface area contributed by atoms with Gasteiger partial charge in [0.25, 0.3) is 5.91 Å². The topological polar surface area (TPSA) is 74.6 Å². The van der Waals surface area contributed by atoms with Crippen LogP contribution in [0.1, 0.15) is 16.7 Å². The fraction of sp³-hybridized carbons (Fsp3) is 0.304.